The van der Waals surface area contributed by atoms with Crippen LogP contribution in [-0.4, -0.2) is 38.0 Å². The third kappa shape index (κ3) is 4.75. The van der Waals surface area contributed by atoms with Crippen LogP contribution in [0, 0.1) is 0 Å². The number of aromatic nitrogens is 4. The first-order valence-electron chi connectivity index (χ1n) is 9.95. The van der Waals surface area contributed by atoms with Crippen LogP contribution in [0.4, 0.5) is 11.5 Å². The van der Waals surface area contributed by atoms with E-state index in [2.05, 4.69) is 15.2 Å². The van der Waals surface area contributed by atoms with E-state index in [1.54, 1.807) is 19.1 Å². The molecule has 0 saturated heterocycles. The van der Waals surface area contributed by atoms with Crippen LogP contribution in [0.25, 0.3) is 11.7 Å². The number of hydrogen-bond donors (Lipinski definition) is 2. The van der Waals surface area contributed by atoms with Gasteiger partial charge in [-0.3, -0.25) is 19.1 Å². The Morgan fingerprint density at radius 2 is 1.97 bits per heavy atom. The molecule has 0 aliphatic rings. The van der Waals surface area contributed by atoms with E-state index in [9.17, 15) is 14.4 Å². The summed E-state index contributed by atoms with van der Waals surface area (Å²) in [7, 11) is 0. The van der Waals surface area contributed by atoms with Crippen molar-refractivity contribution in [1.82, 2.24) is 19.7 Å². The number of hydrogen-bond acceptors (Lipinski definition) is 9. The van der Waals surface area contributed by atoms with Crippen molar-refractivity contribution in [3.63, 3.8) is 0 Å². The van der Waals surface area contributed by atoms with E-state index in [-0.39, 0.29) is 41.5 Å². The summed E-state index contributed by atoms with van der Waals surface area (Å²) in [4.78, 5) is 41.4. The number of nitrogens with two attached hydrogens (primary N) is 1. The van der Waals surface area contributed by atoms with Gasteiger partial charge in [-0.2, -0.15) is 0 Å². The predicted molar refractivity (Wildman–Crippen MR) is 122 cm³/mol. The highest BCUT2D eigenvalue weighted by atomic mass is 32.2. The molecule has 0 bridgehead atoms. The van der Waals surface area contributed by atoms with Crippen LogP contribution >= 0.6 is 11.8 Å². The monoisotopic (exact) mass is 468 g/mol. The molecule has 1 amide bonds. The fraction of sp³-hybridized carbons (Fsp3) is 0.190. The summed E-state index contributed by atoms with van der Waals surface area (Å²) < 4.78 is 11.9. The molecule has 4 aromatic rings. The summed E-state index contributed by atoms with van der Waals surface area (Å²) >= 11 is 1.01. The van der Waals surface area contributed by atoms with Gasteiger partial charge in [0.05, 0.1) is 18.6 Å². The van der Waals surface area contributed by atoms with Gasteiger partial charge in [-0.25, -0.2) is 4.79 Å². The summed E-state index contributed by atoms with van der Waals surface area (Å²) in [6.07, 6.45) is 1.48. The molecular weight excluding hydrogens is 448 g/mol. The molecule has 0 spiro atoms. The SMILES string of the molecule is CCN(C(=O)CSc1nnc(-c2ccco2)o1)c1c(N)n(Cc2ccccc2)c(=O)[nH]c1=O. The van der Waals surface area contributed by atoms with Crippen molar-refractivity contribution in [3.8, 4) is 11.7 Å². The van der Waals surface area contributed by atoms with Crippen LogP contribution in [0.3, 0.4) is 0 Å². The number of nitrogens with zero attached hydrogens (tertiary/aromatic N) is 4. The molecule has 0 atom stereocenters. The maximum atomic E-state index is 12.9. The Morgan fingerprint density at radius 3 is 2.67 bits per heavy atom. The van der Waals surface area contributed by atoms with E-state index < -0.39 is 17.2 Å². The summed E-state index contributed by atoms with van der Waals surface area (Å²) in [5, 5.41) is 7.94. The van der Waals surface area contributed by atoms with Crippen LogP contribution in [0.1, 0.15) is 12.5 Å². The van der Waals surface area contributed by atoms with Gasteiger partial charge >= 0.3 is 5.69 Å². The Balaban J connectivity index is 1.55. The highest BCUT2D eigenvalue weighted by Gasteiger charge is 2.24. The van der Waals surface area contributed by atoms with Crippen LogP contribution in [-0.2, 0) is 11.3 Å². The zero-order chi connectivity index (χ0) is 23.4. The van der Waals surface area contributed by atoms with Gasteiger partial charge in [-0.05, 0) is 24.6 Å². The molecule has 0 aliphatic carbocycles. The van der Waals surface area contributed by atoms with Gasteiger partial charge in [0.1, 0.15) is 5.82 Å². The third-order valence-corrected chi connectivity index (χ3v) is 5.55. The summed E-state index contributed by atoms with van der Waals surface area (Å²) in [6, 6.07) is 12.5. The van der Waals surface area contributed by atoms with Gasteiger partial charge in [0.15, 0.2) is 11.4 Å². The molecule has 1 aromatic carbocycles. The van der Waals surface area contributed by atoms with Crippen molar-refractivity contribution < 1.29 is 13.6 Å². The van der Waals surface area contributed by atoms with Crippen LogP contribution in [0.2, 0.25) is 0 Å². The number of nitrogen functional groups attached to an aromatic ring is 1. The fourth-order valence-corrected chi connectivity index (χ4v) is 3.83. The largest absolute Gasteiger partial charge is 0.459 e. The lowest BCUT2D eigenvalue weighted by atomic mass is 10.2. The van der Waals surface area contributed by atoms with E-state index in [4.69, 9.17) is 14.6 Å². The van der Waals surface area contributed by atoms with E-state index >= 15 is 0 Å². The Kier molecular flexibility index (Phi) is 6.45. The number of rotatable bonds is 8. The average Bonchev–Trinajstić information content (AvgIpc) is 3.50. The molecule has 0 unspecified atom stereocenters. The number of furan rings is 1. The molecule has 12 heteroatoms. The summed E-state index contributed by atoms with van der Waals surface area (Å²) in [5.41, 5.74) is 5.55. The van der Waals surface area contributed by atoms with Crippen LogP contribution in [0.5, 0.6) is 0 Å². The van der Waals surface area contributed by atoms with E-state index in [1.807, 2.05) is 30.3 Å². The number of carbonyl (C=O) groups is 1. The second-order valence-corrected chi connectivity index (χ2v) is 7.77. The maximum Gasteiger partial charge on any atom is 0.330 e. The quantitative estimate of drug-likeness (QED) is 0.369. The first kappa shape index (κ1) is 22.1. The Labute approximate surface area is 191 Å². The van der Waals surface area contributed by atoms with Crippen molar-refractivity contribution in [2.45, 2.75) is 18.7 Å². The summed E-state index contributed by atoms with van der Waals surface area (Å²) in [5.74, 6) is 0.00417. The standard InChI is InChI=1S/C21H20N6O5S/c1-2-26(15(28)12-33-21-25-24-19(32-21)14-9-6-10-31-14)16-17(22)27(20(30)23-18(16)29)11-13-7-4-3-5-8-13/h3-10H,2,11-12,22H2,1H3,(H,23,29,30). The Morgan fingerprint density at radius 1 is 1.18 bits per heavy atom. The lowest BCUT2D eigenvalue weighted by Gasteiger charge is -2.22. The normalized spacial score (nSPS) is 10.9. The predicted octanol–water partition coefficient (Wildman–Crippen LogP) is 1.96. The number of thioether (sulfide) groups is 1. The maximum absolute atomic E-state index is 12.9. The van der Waals surface area contributed by atoms with Crippen molar-refractivity contribution in [2.24, 2.45) is 0 Å². The fourth-order valence-electron chi connectivity index (χ4n) is 3.19. The van der Waals surface area contributed by atoms with E-state index in [0.717, 1.165) is 17.3 Å². The molecule has 33 heavy (non-hydrogen) atoms. The number of H-pyrrole nitrogens is 1. The van der Waals surface area contributed by atoms with E-state index in [0.29, 0.717) is 5.76 Å². The zero-order valence-electron chi connectivity index (χ0n) is 17.6. The highest BCUT2D eigenvalue weighted by Crippen LogP contribution is 2.25. The van der Waals surface area contributed by atoms with Gasteiger partial charge < -0.3 is 19.5 Å². The van der Waals surface area contributed by atoms with Crippen LogP contribution in [0.15, 0.2) is 72.4 Å². The first-order valence-corrected chi connectivity index (χ1v) is 10.9. The topological polar surface area (TPSA) is 153 Å². The second-order valence-electron chi connectivity index (χ2n) is 6.84. The summed E-state index contributed by atoms with van der Waals surface area (Å²) in [6.45, 7) is 2.01. The molecule has 3 aromatic heterocycles. The molecule has 0 aliphatic heterocycles. The second kappa shape index (κ2) is 9.61. The number of nitrogens with one attached hydrogen (secondary N) is 1. The number of carbonyl (C=O) groups excluding carboxylic acids is 1. The molecule has 3 N–H and O–H groups in total. The number of aromatic amines is 1. The highest BCUT2D eigenvalue weighted by molar-refractivity contribution is 7.99. The molecule has 11 nitrogen and oxygen atoms in total. The van der Waals surface area contributed by atoms with Crippen molar-refractivity contribution >= 4 is 29.2 Å². The zero-order valence-corrected chi connectivity index (χ0v) is 18.4. The average molecular weight is 468 g/mol. The van der Waals surface area contributed by atoms with Crippen molar-refractivity contribution in [1.29, 1.82) is 0 Å². The molecule has 0 radical (unpaired) electrons. The smallest absolute Gasteiger partial charge is 0.330 e. The molecular formula is C21H20N6O5S. The molecule has 4 rings (SSSR count). The Bertz CT molecular complexity index is 1360. The van der Waals surface area contributed by atoms with Gasteiger partial charge in [0.25, 0.3) is 16.7 Å². The lowest BCUT2D eigenvalue weighted by Crippen LogP contribution is -2.41. The lowest BCUT2D eigenvalue weighted by molar-refractivity contribution is -0.116. The minimum absolute atomic E-state index is 0.0829. The minimum atomic E-state index is -0.736. The van der Waals surface area contributed by atoms with Crippen LogP contribution < -0.4 is 21.9 Å². The van der Waals surface area contributed by atoms with Gasteiger partial charge in [-0.15, -0.1) is 10.2 Å². The molecule has 0 fully saturated rings. The first-order chi connectivity index (χ1) is 16.0. The van der Waals surface area contributed by atoms with Crippen molar-refractivity contribution in [2.75, 3.05) is 22.9 Å². The molecule has 0 saturated carbocycles. The number of benzene rings is 1. The van der Waals surface area contributed by atoms with E-state index in [1.165, 1.54) is 15.7 Å². The molecule has 3 heterocycles. The third-order valence-electron chi connectivity index (χ3n) is 4.74. The Hall–Kier alpha value is -4.06. The van der Waals surface area contributed by atoms with Gasteiger partial charge in [-0.1, -0.05) is 42.1 Å². The number of amides is 1. The van der Waals surface area contributed by atoms with Gasteiger partial charge in [0.2, 0.25) is 5.91 Å². The minimum Gasteiger partial charge on any atom is -0.459 e. The number of anilines is 2. The molecule has 170 valence electrons. The van der Waals surface area contributed by atoms with Crippen molar-refractivity contribution in [3.05, 3.63) is 75.1 Å². The van der Waals surface area contributed by atoms with Gasteiger partial charge in [0, 0.05) is 6.54 Å².